The summed E-state index contributed by atoms with van der Waals surface area (Å²) in [6.07, 6.45) is 1.97. The van der Waals surface area contributed by atoms with Crippen molar-refractivity contribution < 1.29 is 23.9 Å². The predicted octanol–water partition coefficient (Wildman–Crippen LogP) is 0.625. The summed E-state index contributed by atoms with van der Waals surface area (Å²) in [5, 5.41) is 13.8. The number of carboxylic acid groups (broad SMARTS) is 1. The lowest BCUT2D eigenvalue weighted by Crippen LogP contribution is -2.48. The van der Waals surface area contributed by atoms with E-state index in [1.54, 1.807) is 13.0 Å². The van der Waals surface area contributed by atoms with Crippen LogP contribution in [0.1, 0.15) is 30.8 Å². The Morgan fingerprint density at radius 3 is 2.60 bits per heavy atom. The SMILES string of the molecule is CCC(C)C(NC(=O)CNC(=O)c1ccco1)C(=O)O. The van der Waals surface area contributed by atoms with Crippen LogP contribution in [0.2, 0.25) is 0 Å². The smallest absolute Gasteiger partial charge is 0.326 e. The second kappa shape index (κ2) is 7.32. The molecule has 3 N–H and O–H groups in total. The molecule has 0 aliphatic rings. The summed E-state index contributed by atoms with van der Waals surface area (Å²) in [5.74, 6) is -2.28. The van der Waals surface area contributed by atoms with E-state index in [0.717, 1.165) is 0 Å². The van der Waals surface area contributed by atoms with E-state index in [9.17, 15) is 14.4 Å². The first-order valence-corrected chi connectivity index (χ1v) is 6.29. The molecular weight excluding hydrogens is 264 g/mol. The summed E-state index contributed by atoms with van der Waals surface area (Å²) in [6.45, 7) is 3.27. The van der Waals surface area contributed by atoms with Crippen LogP contribution in [-0.2, 0) is 9.59 Å². The van der Waals surface area contributed by atoms with Crippen molar-refractivity contribution in [2.45, 2.75) is 26.3 Å². The highest BCUT2D eigenvalue weighted by Gasteiger charge is 2.25. The van der Waals surface area contributed by atoms with Gasteiger partial charge in [-0.05, 0) is 18.1 Å². The van der Waals surface area contributed by atoms with Gasteiger partial charge >= 0.3 is 5.97 Å². The molecule has 2 amide bonds. The first kappa shape index (κ1) is 15.7. The van der Waals surface area contributed by atoms with E-state index in [4.69, 9.17) is 9.52 Å². The Balaban J connectivity index is 2.46. The Labute approximate surface area is 116 Å². The standard InChI is InChI=1S/C13H18N2O5/c1-3-8(2)11(13(18)19)15-10(16)7-14-12(17)9-5-4-6-20-9/h4-6,8,11H,3,7H2,1-2H3,(H,14,17)(H,15,16)(H,18,19). The third-order valence-electron chi connectivity index (χ3n) is 2.95. The van der Waals surface area contributed by atoms with E-state index in [-0.39, 0.29) is 18.2 Å². The lowest BCUT2D eigenvalue weighted by atomic mass is 9.99. The van der Waals surface area contributed by atoms with Crippen molar-refractivity contribution in [1.29, 1.82) is 0 Å². The number of carboxylic acids is 1. The Kier molecular flexibility index (Phi) is 5.76. The molecule has 2 atom stereocenters. The summed E-state index contributed by atoms with van der Waals surface area (Å²) < 4.78 is 4.86. The molecule has 1 rings (SSSR count). The van der Waals surface area contributed by atoms with Crippen molar-refractivity contribution in [2.75, 3.05) is 6.54 Å². The molecule has 20 heavy (non-hydrogen) atoms. The van der Waals surface area contributed by atoms with Gasteiger partial charge in [-0.25, -0.2) is 4.79 Å². The molecule has 0 aliphatic heterocycles. The number of furan rings is 1. The van der Waals surface area contributed by atoms with Gasteiger partial charge in [0.1, 0.15) is 6.04 Å². The van der Waals surface area contributed by atoms with Gasteiger partial charge < -0.3 is 20.2 Å². The summed E-state index contributed by atoms with van der Waals surface area (Å²) in [7, 11) is 0. The summed E-state index contributed by atoms with van der Waals surface area (Å²) in [4.78, 5) is 34.2. The Hall–Kier alpha value is -2.31. The van der Waals surface area contributed by atoms with Crippen LogP contribution in [0.3, 0.4) is 0 Å². The zero-order valence-corrected chi connectivity index (χ0v) is 11.4. The zero-order valence-electron chi connectivity index (χ0n) is 11.4. The predicted molar refractivity (Wildman–Crippen MR) is 70.1 cm³/mol. The topological polar surface area (TPSA) is 109 Å². The van der Waals surface area contributed by atoms with E-state index in [1.165, 1.54) is 12.3 Å². The number of hydrogen-bond acceptors (Lipinski definition) is 4. The van der Waals surface area contributed by atoms with Crippen molar-refractivity contribution in [3.8, 4) is 0 Å². The molecule has 0 bridgehead atoms. The second-order valence-electron chi connectivity index (χ2n) is 4.43. The molecule has 0 aliphatic carbocycles. The maximum absolute atomic E-state index is 11.6. The van der Waals surface area contributed by atoms with Crippen LogP contribution in [0.15, 0.2) is 22.8 Å². The summed E-state index contributed by atoms with van der Waals surface area (Å²) >= 11 is 0. The summed E-state index contributed by atoms with van der Waals surface area (Å²) in [5.41, 5.74) is 0. The highest BCUT2D eigenvalue weighted by molar-refractivity contribution is 5.94. The minimum atomic E-state index is -1.09. The van der Waals surface area contributed by atoms with E-state index >= 15 is 0 Å². The molecule has 7 heteroatoms. The Morgan fingerprint density at radius 1 is 1.40 bits per heavy atom. The molecule has 7 nitrogen and oxygen atoms in total. The Morgan fingerprint density at radius 2 is 2.10 bits per heavy atom. The molecule has 1 heterocycles. The van der Waals surface area contributed by atoms with Gasteiger partial charge in [0.2, 0.25) is 5.91 Å². The van der Waals surface area contributed by atoms with Gasteiger partial charge in [0.05, 0.1) is 12.8 Å². The van der Waals surface area contributed by atoms with Crippen LogP contribution in [0, 0.1) is 5.92 Å². The van der Waals surface area contributed by atoms with Gasteiger partial charge in [-0.3, -0.25) is 9.59 Å². The van der Waals surface area contributed by atoms with Gasteiger partial charge in [-0.15, -0.1) is 0 Å². The van der Waals surface area contributed by atoms with Gasteiger partial charge in [-0.2, -0.15) is 0 Å². The lowest BCUT2D eigenvalue weighted by Gasteiger charge is -2.20. The van der Waals surface area contributed by atoms with Crippen LogP contribution in [-0.4, -0.2) is 35.5 Å². The van der Waals surface area contributed by atoms with E-state index < -0.39 is 23.8 Å². The van der Waals surface area contributed by atoms with Crippen LogP contribution in [0.4, 0.5) is 0 Å². The molecule has 0 saturated carbocycles. The molecule has 2 unspecified atom stereocenters. The number of carbonyl (C=O) groups is 3. The second-order valence-corrected chi connectivity index (χ2v) is 4.43. The largest absolute Gasteiger partial charge is 0.480 e. The molecule has 0 spiro atoms. The molecule has 110 valence electrons. The van der Waals surface area contributed by atoms with Crippen molar-refractivity contribution in [3.05, 3.63) is 24.2 Å². The van der Waals surface area contributed by atoms with Crippen LogP contribution in [0.25, 0.3) is 0 Å². The number of aliphatic carboxylic acids is 1. The van der Waals surface area contributed by atoms with Crippen LogP contribution >= 0.6 is 0 Å². The van der Waals surface area contributed by atoms with Gasteiger partial charge in [0.15, 0.2) is 5.76 Å². The Bertz CT molecular complexity index is 469. The van der Waals surface area contributed by atoms with Gasteiger partial charge in [-0.1, -0.05) is 20.3 Å². The molecular formula is C13H18N2O5. The number of carbonyl (C=O) groups excluding carboxylic acids is 2. The number of nitrogens with one attached hydrogen (secondary N) is 2. The summed E-state index contributed by atoms with van der Waals surface area (Å²) in [6, 6.07) is 2.05. The molecule has 1 aromatic rings. The molecule has 0 aromatic carbocycles. The third-order valence-corrected chi connectivity index (χ3v) is 2.95. The van der Waals surface area contributed by atoms with Gasteiger partial charge in [0, 0.05) is 0 Å². The van der Waals surface area contributed by atoms with Crippen molar-refractivity contribution in [1.82, 2.24) is 10.6 Å². The molecule has 0 fully saturated rings. The van der Waals surface area contributed by atoms with E-state index in [2.05, 4.69) is 10.6 Å². The quantitative estimate of drug-likeness (QED) is 0.679. The normalized spacial score (nSPS) is 13.3. The monoisotopic (exact) mass is 282 g/mol. The average molecular weight is 282 g/mol. The average Bonchev–Trinajstić information content (AvgIpc) is 2.95. The van der Waals surface area contributed by atoms with E-state index in [0.29, 0.717) is 6.42 Å². The fourth-order valence-corrected chi connectivity index (χ4v) is 1.56. The number of amides is 2. The highest BCUT2D eigenvalue weighted by Crippen LogP contribution is 2.07. The number of hydrogen-bond donors (Lipinski definition) is 3. The lowest BCUT2D eigenvalue weighted by molar-refractivity contribution is -0.143. The molecule has 0 radical (unpaired) electrons. The van der Waals surface area contributed by atoms with E-state index in [1.807, 2.05) is 6.92 Å². The maximum atomic E-state index is 11.6. The van der Waals surface area contributed by atoms with Crippen LogP contribution < -0.4 is 10.6 Å². The number of rotatable bonds is 7. The fraction of sp³-hybridized carbons (Fsp3) is 0.462. The van der Waals surface area contributed by atoms with Crippen molar-refractivity contribution in [2.24, 2.45) is 5.92 Å². The minimum absolute atomic E-state index is 0.0921. The first-order valence-electron chi connectivity index (χ1n) is 6.29. The van der Waals surface area contributed by atoms with Crippen LogP contribution in [0.5, 0.6) is 0 Å². The van der Waals surface area contributed by atoms with Gasteiger partial charge in [0.25, 0.3) is 5.91 Å². The third kappa shape index (κ3) is 4.42. The minimum Gasteiger partial charge on any atom is -0.480 e. The first-order chi connectivity index (χ1) is 9.45. The van der Waals surface area contributed by atoms with Crippen molar-refractivity contribution in [3.63, 3.8) is 0 Å². The molecule has 1 aromatic heterocycles. The van der Waals surface area contributed by atoms with Crippen molar-refractivity contribution >= 4 is 17.8 Å². The highest BCUT2D eigenvalue weighted by atomic mass is 16.4. The fourth-order valence-electron chi connectivity index (χ4n) is 1.56. The maximum Gasteiger partial charge on any atom is 0.326 e. The zero-order chi connectivity index (χ0) is 15.1. The molecule has 0 saturated heterocycles.